The Kier molecular flexibility index (Phi) is 5.09. The summed E-state index contributed by atoms with van der Waals surface area (Å²) in [5.41, 5.74) is -0.336. The minimum absolute atomic E-state index is 0.0205. The summed E-state index contributed by atoms with van der Waals surface area (Å²) in [4.78, 5) is 19.2. The third kappa shape index (κ3) is 3.76. The molecule has 0 saturated carbocycles. The van der Waals surface area contributed by atoms with Crippen molar-refractivity contribution >= 4 is 35.0 Å². The van der Waals surface area contributed by atoms with Crippen LogP contribution in [-0.2, 0) is 16.8 Å². The van der Waals surface area contributed by atoms with Crippen molar-refractivity contribution in [3.8, 4) is 0 Å². The normalized spacial score (nSPS) is 16.0. The van der Waals surface area contributed by atoms with E-state index in [9.17, 15) is 14.3 Å². The number of benzene rings is 2. The highest BCUT2D eigenvalue weighted by Gasteiger charge is 2.37. The molecule has 28 heavy (non-hydrogen) atoms. The third-order valence-electron chi connectivity index (χ3n) is 4.59. The van der Waals surface area contributed by atoms with E-state index in [1.165, 1.54) is 42.4 Å². The number of carbonyl (C=O) groups is 1. The smallest absolute Gasteiger partial charge is 0.237 e. The van der Waals surface area contributed by atoms with Crippen LogP contribution in [0.15, 0.2) is 53.7 Å². The van der Waals surface area contributed by atoms with Gasteiger partial charge in [0.15, 0.2) is 0 Å². The van der Waals surface area contributed by atoms with Gasteiger partial charge in [0.05, 0.1) is 18.0 Å². The molecule has 4 rings (SSSR count). The fraction of sp³-hybridized carbons (Fsp3) is 0.211. The molecule has 1 aliphatic rings. The van der Waals surface area contributed by atoms with E-state index in [1.54, 1.807) is 23.1 Å². The number of nitrogens with one attached hydrogen (secondary N) is 1. The van der Waals surface area contributed by atoms with Gasteiger partial charge in [-0.1, -0.05) is 23.7 Å². The van der Waals surface area contributed by atoms with E-state index in [4.69, 9.17) is 11.6 Å². The number of aliphatic hydroxyl groups is 1. The van der Waals surface area contributed by atoms with Crippen LogP contribution in [0.5, 0.6) is 0 Å². The van der Waals surface area contributed by atoms with E-state index in [-0.39, 0.29) is 24.6 Å². The number of hydrogen-bond acceptors (Lipinski definition) is 5. The van der Waals surface area contributed by atoms with Gasteiger partial charge in [-0.05, 0) is 35.9 Å². The summed E-state index contributed by atoms with van der Waals surface area (Å²) in [6, 6.07) is 10.9. The number of halogens is 2. The fourth-order valence-corrected chi connectivity index (χ4v) is 4.42. The molecular weight excluding hydrogens is 403 g/mol. The maximum atomic E-state index is 13.4. The molecule has 1 atom stereocenters. The fourth-order valence-electron chi connectivity index (χ4n) is 3.22. The molecule has 1 unspecified atom stereocenters. The average Bonchev–Trinajstić information content (AvgIpc) is 3.17. The summed E-state index contributed by atoms with van der Waals surface area (Å²) in [5.74, 6) is 0.172. The van der Waals surface area contributed by atoms with Gasteiger partial charge in [0.25, 0.3) is 0 Å². The van der Waals surface area contributed by atoms with Crippen molar-refractivity contribution in [3.05, 3.63) is 71.0 Å². The van der Waals surface area contributed by atoms with Crippen molar-refractivity contribution in [1.29, 1.82) is 0 Å². The van der Waals surface area contributed by atoms with Crippen molar-refractivity contribution in [2.45, 2.75) is 16.9 Å². The average molecular weight is 419 g/mol. The standard InChI is InChI=1S/C19H16ClFN4O2S/c20-13-3-6-15-16(7-13)28-9-18(26)25(15)10-19(27,8-17-22-11-23-24-17)12-1-4-14(21)5-2-12/h1-7,11,27H,8-10H2,(H,22,23,24). The first-order chi connectivity index (χ1) is 13.4. The summed E-state index contributed by atoms with van der Waals surface area (Å²) in [5, 5.41) is 18.7. The molecule has 2 heterocycles. The minimum atomic E-state index is -1.50. The highest BCUT2D eigenvalue weighted by molar-refractivity contribution is 8.00. The van der Waals surface area contributed by atoms with Gasteiger partial charge in [-0.2, -0.15) is 5.10 Å². The highest BCUT2D eigenvalue weighted by Crippen LogP contribution is 2.39. The molecule has 0 radical (unpaired) electrons. The second-order valence-corrected chi connectivity index (χ2v) is 7.98. The van der Waals surface area contributed by atoms with Gasteiger partial charge in [-0.15, -0.1) is 11.8 Å². The van der Waals surface area contributed by atoms with E-state index >= 15 is 0 Å². The van der Waals surface area contributed by atoms with Gasteiger partial charge >= 0.3 is 0 Å². The maximum Gasteiger partial charge on any atom is 0.237 e. The first kappa shape index (κ1) is 18.9. The van der Waals surface area contributed by atoms with Gasteiger partial charge in [0.2, 0.25) is 5.91 Å². The molecule has 0 saturated heterocycles. The largest absolute Gasteiger partial charge is 0.383 e. The van der Waals surface area contributed by atoms with Crippen LogP contribution in [0, 0.1) is 5.82 Å². The third-order valence-corrected chi connectivity index (χ3v) is 5.86. The van der Waals surface area contributed by atoms with Crippen molar-refractivity contribution in [3.63, 3.8) is 0 Å². The first-order valence-electron chi connectivity index (χ1n) is 8.50. The number of H-pyrrole nitrogens is 1. The van der Waals surface area contributed by atoms with Crippen LogP contribution >= 0.6 is 23.4 Å². The number of β-amino-alcohol motifs (C(OH)–C–C–N with tert-alkyl or cyclic N) is 1. The molecular formula is C19H16ClFN4O2S. The molecule has 2 N–H and O–H groups in total. The Hall–Kier alpha value is -2.42. The molecule has 0 aliphatic carbocycles. The highest BCUT2D eigenvalue weighted by atomic mass is 35.5. The van der Waals surface area contributed by atoms with Gasteiger partial charge in [0, 0.05) is 16.3 Å². The summed E-state index contributed by atoms with van der Waals surface area (Å²) in [6.45, 7) is -0.0205. The Morgan fingerprint density at radius 3 is 2.79 bits per heavy atom. The number of hydrogen-bond donors (Lipinski definition) is 2. The van der Waals surface area contributed by atoms with Crippen LogP contribution in [0.1, 0.15) is 11.4 Å². The van der Waals surface area contributed by atoms with Crippen LogP contribution in [0.2, 0.25) is 5.02 Å². The number of aromatic nitrogens is 3. The molecule has 1 aromatic heterocycles. The van der Waals surface area contributed by atoms with Crippen molar-refractivity contribution in [2.24, 2.45) is 0 Å². The Morgan fingerprint density at radius 2 is 2.07 bits per heavy atom. The Labute approximate surface area is 169 Å². The van der Waals surface area contributed by atoms with Crippen LogP contribution in [0.3, 0.4) is 0 Å². The number of fused-ring (bicyclic) bond motifs is 1. The van der Waals surface area contributed by atoms with Crippen LogP contribution in [-0.4, -0.2) is 38.5 Å². The zero-order valence-electron chi connectivity index (χ0n) is 14.6. The number of amides is 1. The molecule has 0 bridgehead atoms. The van der Waals surface area contributed by atoms with Crippen LogP contribution < -0.4 is 4.90 Å². The van der Waals surface area contributed by atoms with Gasteiger partial charge in [0.1, 0.15) is 23.6 Å². The van der Waals surface area contributed by atoms with E-state index < -0.39 is 11.4 Å². The molecule has 2 aromatic carbocycles. The van der Waals surface area contributed by atoms with E-state index in [0.717, 1.165) is 4.90 Å². The monoisotopic (exact) mass is 418 g/mol. The number of rotatable bonds is 5. The lowest BCUT2D eigenvalue weighted by Gasteiger charge is -2.37. The van der Waals surface area contributed by atoms with Crippen molar-refractivity contribution in [2.75, 3.05) is 17.2 Å². The lowest BCUT2D eigenvalue weighted by Crippen LogP contribution is -2.47. The van der Waals surface area contributed by atoms with Gasteiger partial charge < -0.3 is 10.0 Å². The second kappa shape index (κ2) is 7.54. The van der Waals surface area contributed by atoms with E-state index in [2.05, 4.69) is 15.2 Å². The molecule has 3 aromatic rings. The Bertz CT molecular complexity index is 1000. The molecule has 1 aliphatic heterocycles. The molecule has 0 spiro atoms. The predicted octanol–water partition coefficient (Wildman–Crippen LogP) is 3.17. The molecule has 0 fully saturated rings. The van der Waals surface area contributed by atoms with Gasteiger partial charge in [-0.3, -0.25) is 9.89 Å². The summed E-state index contributed by atoms with van der Waals surface area (Å²) in [7, 11) is 0. The summed E-state index contributed by atoms with van der Waals surface area (Å²) in [6.07, 6.45) is 1.43. The van der Waals surface area contributed by atoms with E-state index in [1.807, 2.05) is 0 Å². The zero-order valence-corrected chi connectivity index (χ0v) is 16.2. The molecule has 6 nitrogen and oxygen atoms in total. The quantitative estimate of drug-likeness (QED) is 0.665. The van der Waals surface area contributed by atoms with E-state index in [0.29, 0.717) is 22.1 Å². The lowest BCUT2D eigenvalue weighted by atomic mass is 9.89. The zero-order chi connectivity index (χ0) is 19.7. The van der Waals surface area contributed by atoms with Crippen molar-refractivity contribution in [1.82, 2.24) is 15.2 Å². The first-order valence-corrected chi connectivity index (χ1v) is 9.86. The Morgan fingerprint density at radius 1 is 1.29 bits per heavy atom. The number of carbonyl (C=O) groups excluding carboxylic acids is 1. The SMILES string of the molecule is O=C1CSc2cc(Cl)ccc2N1CC(O)(Cc1ncn[nH]1)c1ccc(F)cc1. The maximum absolute atomic E-state index is 13.4. The Balaban J connectivity index is 1.73. The van der Waals surface area contributed by atoms with Crippen LogP contribution in [0.25, 0.3) is 0 Å². The molecule has 144 valence electrons. The number of aromatic amines is 1. The molecule has 9 heteroatoms. The summed E-state index contributed by atoms with van der Waals surface area (Å²) < 4.78 is 13.4. The predicted molar refractivity (Wildman–Crippen MR) is 105 cm³/mol. The number of nitrogens with zero attached hydrogens (tertiary/aromatic N) is 3. The second-order valence-electron chi connectivity index (χ2n) is 6.53. The summed E-state index contributed by atoms with van der Waals surface area (Å²) >= 11 is 7.49. The number of thioether (sulfide) groups is 1. The topological polar surface area (TPSA) is 82.1 Å². The molecule has 1 amide bonds. The number of anilines is 1. The van der Waals surface area contributed by atoms with Crippen LogP contribution in [0.4, 0.5) is 10.1 Å². The van der Waals surface area contributed by atoms with Crippen molar-refractivity contribution < 1.29 is 14.3 Å². The van der Waals surface area contributed by atoms with Gasteiger partial charge in [-0.25, -0.2) is 9.37 Å². The minimum Gasteiger partial charge on any atom is -0.383 e. The lowest BCUT2D eigenvalue weighted by molar-refractivity contribution is -0.117.